The van der Waals surface area contributed by atoms with Gasteiger partial charge in [0, 0.05) is 40.7 Å². The zero-order chi connectivity index (χ0) is 22.4. The zero-order valence-corrected chi connectivity index (χ0v) is 18.8. The monoisotopic (exact) mass is 449 g/mol. The van der Waals surface area contributed by atoms with Crippen LogP contribution in [-0.2, 0) is 0 Å². The summed E-state index contributed by atoms with van der Waals surface area (Å²) in [5, 5.41) is 4.79. The first-order valence-corrected chi connectivity index (χ1v) is 11.6. The summed E-state index contributed by atoms with van der Waals surface area (Å²) in [6, 6.07) is 14.3. The van der Waals surface area contributed by atoms with Gasteiger partial charge in [0.25, 0.3) is 11.8 Å². The molecule has 2 aromatic heterocycles. The number of hydrogen-bond acceptors (Lipinski definition) is 3. The second kappa shape index (κ2) is 8.06. The number of hydrogen-bond donors (Lipinski definition) is 2. The maximum atomic E-state index is 13.5. The molecular weight excluding hydrogens is 425 g/mol. The third kappa shape index (κ3) is 3.66. The second-order valence-corrected chi connectivity index (χ2v) is 9.67. The molecule has 4 aromatic rings. The average Bonchev–Trinajstić information content (AvgIpc) is 3.48. The van der Waals surface area contributed by atoms with Crippen LogP contribution in [0.3, 0.4) is 0 Å². The Balaban J connectivity index is 1.44. The van der Waals surface area contributed by atoms with E-state index in [4.69, 9.17) is 0 Å². The van der Waals surface area contributed by atoms with Crippen LogP contribution in [0, 0.1) is 5.82 Å². The Hall–Kier alpha value is -3.19. The Morgan fingerprint density at radius 1 is 1.19 bits per heavy atom. The number of halogens is 1. The number of carbonyl (C=O) groups is 2. The standard InChI is InChI=1S/C25H24FN3O2S/c1-14(2)27-24(30)23-22(18-5-3-4-6-21(18)32-23)15-9-10-29(13-15)25(31)20-12-16-11-17(26)7-8-19(16)28-20/h3-8,11-12,14-15,28H,9-10,13H2,1-2H3,(H,27,30)/t15-/m0/s1. The van der Waals surface area contributed by atoms with E-state index in [1.54, 1.807) is 12.1 Å². The van der Waals surface area contributed by atoms with Crippen molar-refractivity contribution in [3.8, 4) is 0 Å². The minimum Gasteiger partial charge on any atom is -0.351 e. The van der Waals surface area contributed by atoms with Gasteiger partial charge in [-0.15, -0.1) is 11.3 Å². The Bertz CT molecular complexity index is 1340. The lowest BCUT2D eigenvalue weighted by Gasteiger charge is -2.17. The first-order chi connectivity index (χ1) is 15.4. The van der Waals surface area contributed by atoms with Crippen LogP contribution in [0.15, 0.2) is 48.5 Å². The number of H-pyrrole nitrogens is 1. The summed E-state index contributed by atoms with van der Waals surface area (Å²) >= 11 is 1.51. The fraction of sp³-hybridized carbons (Fsp3) is 0.280. The van der Waals surface area contributed by atoms with Gasteiger partial charge in [-0.05, 0) is 61.5 Å². The molecule has 2 amide bonds. The topological polar surface area (TPSA) is 65.2 Å². The van der Waals surface area contributed by atoms with Crippen molar-refractivity contribution in [2.45, 2.75) is 32.2 Å². The fourth-order valence-electron chi connectivity index (χ4n) is 4.54. The number of fused-ring (bicyclic) bond motifs is 2. The van der Waals surface area contributed by atoms with Crippen molar-refractivity contribution in [3.63, 3.8) is 0 Å². The van der Waals surface area contributed by atoms with Crippen LogP contribution in [0.5, 0.6) is 0 Å². The molecule has 0 spiro atoms. The van der Waals surface area contributed by atoms with E-state index in [9.17, 15) is 14.0 Å². The lowest BCUT2D eigenvalue weighted by atomic mass is 9.95. The van der Waals surface area contributed by atoms with Crippen molar-refractivity contribution in [1.82, 2.24) is 15.2 Å². The third-order valence-electron chi connectivity index (χ3n) is 5.96. The Morgan fingerprint density at radius 3 is 2.81 bits per heavy atom. The predicted octanol–water partition coefficient (Wildman–Crippen LogP) is 5.29. The number of nitrogens with one attached hydrogen (secondary N) is 2. The molecule has 5 nitrogen and oxygen atoms in total. The number of carbonyl (C=O) groups excluding carboxylic acids is 2. The number of aromatic nitrogens is 1. The molecule has 1 aliphatic rings. The van der Waals surface area contributed by atoms with Crippen LogP contribution in [-0.4, -0.2) is 40.8 Å². The first kappa shape index (κ1) is 20.7. The number of benzene rings is 2. The van der Waals surface area contributed by atoms with E-state index < -0.39 is 0 Å². The minimum atomic E-state index is -0.326. The quantitative estimate of drug-likeness (QED) is 0.445. The summed E-state index contributed by atoms with van der Waals surface area (Å²) in [7, 11) is 0. The highest BCUT2D eigenvalue weighted by molar-refractivity contribution is 7.21. The van der Waals surface area contributed by atoms with Crippen molar-refractivity contribution >= 4 is 44.1 Å². The number of likely N-dealkylation sites (tertiary alicyclic amines) is 1. The highest BCUT2D eigenvalue weighted by Gasteiger charge is 2.33. The van der Waals surface area contributed by atoms with Crippen LogP contribution < -0.4 is 5.32 Å². The van der Waals surface area contributed by atoms with Gasteiger partial charge >= 0.3 is 0 Å². The normalized spacial score (nSPS) is 16.4. The molecule has 32 heavy (non-hydrogen) atoms. The van der Waals surface area contributed by atoms with Gasteiger partial charge < -0.3 is 15.2 Å². The number of thiophene rings is 1. The number of aromatic amines is 1. The molecule has 0 radical (unpaired) electrons. The van der Waals surface area contributed by atoms with E-state index in [0.717, 1.165) is 32.5 Å². The van der Waals surface area contributed by atoms with Crippen LogP contribution in [0.25, 0.3) is 21.0 Å². The largest absolute Gasteiger partial charge is 0.351 e. The summed E-state index contributed by atoms with van der Waals surface area (Å²) < 4.78 is 14.6. The highest BCUT2D eigenvalue weighted by atomic mass is 32.1. The molecule has 0 unspecified atom stereocenters. The summed E-state index contributed by atoms with van der Waals surface area (Å²) in [5.41, 5.74) is 2.24. The van der Waals surface area contributed by atoms with E-state index in [0.29, 0.717) is 24.2 Å². The summed E-state index contributed by atoms with van der Waals surface area (Å²) in [6.45, 7) is 5.06. The number of nitrogens with zero attached hydrogens (tertiary/aromatic N) is 1. The molecule has 0 saturated carbocycles. The molecule has 1 aliphatic heterocycles. The maximum Gasteiger partial charge on any atom is 0.270 e. The lowest BCUT2D eigenvalue weighted by Crippen LogP contribution is -2.31. The summed E-state index contributed by atoms with van der Waals surface area (Å²) in [6.07, 6.45) is 0.795. The summed E-state index contributed by atoms with van der Waals surface area (Å²) in [4.78, 5) is 31.8. The zero-order valence-electron chi connectivity index (χ0n) is 17.9. The molecule has 0 bridgehead atoms. The van der Waals surface area contributed by atoms with Crippen LogP contribution >= 0.6 is 11.3 Å². The molecule has 0 aliphatic carbocycles. The van der Waals surface area contributed by atoms with E-state index >= 15 is 0 Å². The molecule has 5 rings (SSSR count). The lowest BCUT2D eigenvalue weighted by molar-refractivity contribution is 0.0786. The molecule has 1 atom stereocenters. The predicted molar refractivity (Wildman–Crippen MR) is 126 cm³/mol. The maximum absolute atomic E-state index is 13.5. The van der Waals surface area contributed by atoms with Gasteiger partial charge in [-0.3, -0.25) is 9.59 Å². The molecule has 3 heterocycles. The molecule has 1 saturated heterocycles. The number of rotatable bonds is 4. The van der Waals surface area contributed by atoms with Crippen molar-refractivity contribution in [1.29, 1.82) is 0 Å². The van der Waals surface area contributed by atoms with Gasteiger partial charge in [0.05, 0.1) is 4.88 Å². The molecule has 164 valence electrons. The van der Waals surface area contributed by atoms with Gasteiger partial charge in [0.2, 0.25) is 0 Å². The van der Waals surface area contributed by atoms with Crippen LogP contribution in [0.4, 0.5) is 4.39 Å². The van der Waals surface area contributed by atoms with Crippen molar-refractivity contribution in [2.24, 2.45) is 0 Å². The van der Waals surface area contributed by atoms with Crippen LogP contribution in [0.1, 0.15) is 51.9 Å². The number of amides is 2. The Labute approximate surface area is 189 Å². The second-order valence-electron chi connectivity index (χ2n) is 8.62. The molecule has 2 N–H and O–H groups in total. The van der Waals surface area contributed by atoms with Gasteiger partial charge in [-0.1, -0.05) is 18.2 Å². The smallest absolute Gasteiger partial charge is 0.270 e. The Morgan fingerprint density at radius 2 is 2.00 bits per heavy atom. The third-order valence-corrected chi connectivity index (χ3v) is 7.14. The van der Waals surface area contributed by atoms with E-state index in [2.05, 4.69) is 16.4 Å². The Kier molecular flexibility index (Phi) is 5.21. The molecule has 7 heteroatoms. The van der Waals surface area contributed by atoms with Crippen molar-refractivity contribution in [2.75, 3.05) is 13.1 Å². The molecule has 1 fully saturated rings. The highest BCUT2D eigenvalue weighted by Crippen LogP contribution is 2.40. The SMILES string of the molecule is CC(C)NC(=O)c1sc2ccccc2c1[C@H]1CCN(C(=O)c2cc3cc(F)ccc3[nH]2)C1. The molecular formula is C25H24FN3O2S. The van der Waals surface area contributed by atoms with Gasteiger partial charge in [0.1, 0.15) is 11.5 Å². The van der Waals surface area contributed by atoms with E-state index in [1.807, 2.05) is 36.9 Å². The van der Waals surface area contributed by atoms with Crippen molar-refractivity contribution in [3.05, 3.63) is 70.5 Å². The van der Waals surface area contributed by atoms with Gasteiger partial charge in [-0.25, -0.2) is 4.39 Å². The summed E-state index contributed by atoms with van der Waals surface area (Å²) in [5.74, 6) is -0.395. The van der Waals surface area contributed by atoms with Crippen LogP contribution in [0.2, 0.25) is 0 Å². The van der Waals surface area contributed by atoms with Gasteiger partial charge in [-0.2, -0.15) is 0 Å². The van der Waals surface area contributed by atoms with Gasteiger partial charge in [0.15, 0.2) is 0 Å². The molecule has 2 aromatic carbocycles. The van der Waals surface area contributed by atoms with Crippen molar-refractivity contribution < 1.29 is 14.0 Å². The van der Waals surface area contributed by atoms with E-state index in [-0.39, 0.29) is 29.6 Å². The fourth-order valence-corrected chi connectivity index (χ4v) is 5.73. The average molecular weight is 450 g/mol. The van der Waals surface area contributed by atoms with E-state index in [1.165, 1.54) is 23.5 Å². The first-order valence-electron chi connectivity index (χ1n) is 10.8. The minimum absolute atomic E-state index is 0.0501.